The molecule has 0 saturated heterocycles. The smallest absolute Gasteiger partial charge is 0.338 e. The Hall–Kier alpha value is -2.88. The molecule has 0 fully saturated rings. The molecule has 0 spiro atoms. The summed E-state index contributed by atoms with van der Waals surface area (Å²) in [6.45, 7) is 1.55. The fourth-order valence-corrected chi connectivity index (χ4v) is 3.62. The summed E-state index contributed by atoms with van der Waals surface area (Å²) in [5, 5.41) is 6.05. The van der Waals surface area contributed by atoms with Gasteiger partial charge in [-0.25, -0.2) is 13.2 Å². The zero-order chi connectivity index (χ0) is 18.9. The van der Waals surface area contributed by atoms with E-state index in [2.05, 4.69) is 10.5 Å². The van der Waals surface area contributed by atoms with Crippen molar-refractivity contribution in [1.82, 2.24) is 5.16 Å². The summed E-state index contributed by atoms with van der Waals surface area (Å²) in [6.07, 6.45) is 1.65. The zero-order valence-electron chi connectivity index (χ0n) is 14.2. The number of esters is 1. The second-order valence-electron chi connectivity index (χ2n) is 5.88. The van der Waals surface area contributed by atoms with Gasteiger partial charge in [0.25, 0.3) is 5.91 Å². The maximum atomic E-state index is 12.1. The summed E-state index contributed by atoms with van der Waals surface area (Å²) in [5.74, 6) is -0.436. The van der Waals surface area contributed by atoms with E-state index in [0.717, 1.165) is 11.8 Å². The van der Waals surface area contributed by atoms with Crippen LogP contribution in [0.3, 0.4) is 0 Å². The molecule has 0 atom stereocenters. The van der Waals surface area contributed by atoms with Gasteiger partial charge in [0.2, 0.25) is 10.0 Å². The number of carbonyl (C=O) groups is 2. The van der Waals surface area contributed by atoms with Gasteiger partial charge in [0.1, 0.15) is 5.76 Å². The fourth-order valence-electron chi connectivity index (χ4n) is 2.66. The van der Waals surface area contributed by atoms with Crippen molar-refractivity contribution in [3.8, 4) is 0 Å². The highest BCUT2D eigenvalue weighted by Gasteiger charge is 2.27. The normalized spacial score (nSPS) is 13.4. The van der Waals surface area contributed by atoms with Gasteiger partial charge < -0.3 is 14.6 Å². The number of aromatic nitrogens is 1. The Bertz CT molecular complexity index is 966. The molecule has 10 heteroatoms. The number of nitrogens with zero attached hydrogens (tertiary/aromatic N) is 2. The molecule has 0 radical (unpaired) electrons. The van der Waals surface area contributed by atoms with Gasteiger partial charge in [-0.1, -0.05) is 5.16 Å². The molecule has 0 unspecified atom stereocenters. The molecule has 9 nitrogen and oxygen atoms in total. The van der Waals surface area contributed by atoms with E-state index in [9.17, 15) is 18.0 Å². The van der Waals surface area contributed by atoms with Gasteiger partial charge in [-0.3, -0.25) is 9.10 Å². The van der Waals surface area contributed by atoms with Crippen molar-refractivity contribution in [2.75, 3.05) is 29.0 Å². The average Bonchev–Trinajstić information content (AvgIpc) is 3.17. The van der Waals surface area contributed by atoms with Crippen LogP contribution in [0.1, 0.15) is 21.7 Å². The predicted octanol–water partition coefficient (Wildman–Crippen LogP) is 1.10. The first-order chi connectivity index (χ1) is 12.2. The van der Waals surface area contributed by atoms with E-state index in [1.165, 1.54) is 16.4 Å². The van der Waals surface area contributed by atoms with Crippen LogP contribution in [-0.4, -0.2) is 44.9 Å². The lowest BCUT2D eigenvalue weighted by Gasteiger charge is -2.16. The molecule has 0 aliphatic carbocycles. The molecule has 0 saturated carbocycles. The van der Waals surface area contributed by atoms with E-state index in [-0.39, 0.29) is 11.4 Å². The fraction of sp³-hybridized carbons (Fsp3) is 0.312. The van der Waals surface area contributed by atoms with E-state index in [4.69, 9.17) is 9.26 Å². The highest BCUT2D eigenvalue weighted by molar-refractivity contribution is 7.92. The molecule has 1 amide bonds. The highest BCUT2D eigenvalue weighted by Crippen LogP contribution is 2.30. The largest absolute Gasteiger partial charge is 0.452 e. The van der Waals surface area contributed by atoms with Crippen LogP contribution >= 0.6 is 0 Å². The van der Waals surface area contributed by atoms with Gasteiger partial charge >= 0.3 is 5.97 Å². The van der Waals surface area contributed by atoms with Crippen LogP contribution in [0, 0.1) is 6.92 Å². The lowest BCUT2D eigenvalue weighted by Crippen LogP contribution is -2.27. The summed E-state index contributed by atoms with van der Waals surface area (Å²) in [6, 6.07) is 6.16. The second kappa shape index (κ2) is 6.79. The molecule has 138 valence electrons. The first kappa shape index (κ1) is 17.9. The van der Waals surface area contributed by atoms with Crippen molar-refractivity contribution in [2.45, 2.75) is 13.3 Å². The van der Waals surface area contributed by atoms with E-state index in [1.807, 2.05) is 0 Å². The van der Waals surface area contributed by atoms with Gasteiger partial charge in [0.15, 0.2) is 12.4 Å². The number of anilines is 2. The molecule has 2 heterocycles. The quantitative estimate of drug-likeness (QED) is 0.773. The van der Waals surface area contributed by atoms with Crippen molar-refractivity contribution in [3.63, 3.8) is 0 Å². The van der Waals surface area contributed by atoms with Crippen LogP contribution in [0.4, 0.5) is 11.5 Å². The molecule has 1 aromatic carbocycles. The molecule has 1 aliphatic heterocycles. The molecule has 1 aromatic heterocycles. The van der Waals surface area contributed by atoms with Crippen molar-refractivity contribution < 1.29 is 27.3 Å². The SMILES string of the molecule is Cc1cc(NC(=O)COC(=O)c2ccc3c(c2)CCN3S(C)(=O)=O)no1. The number of fused-ring (bicyclic) bond motifs is 1. The second-order valence-corrected chi connectivity index (χ2v) is 7.78. The number of ether oxygens (including phenoxy) is 1. The maximum Gasteiger partial charge on any atom is 0.338 e. The third-order valence-electron chi connectivity index (χ3n) is 3.80. The summed E-state index contributed by atoms with van der Waals surface area (Å²) < 4.78 is 34.5. The molecule has 3 rings (SSSR count). The highest BCUT2D eigenvalue weighted by atomic mass is 32.2. The third-order valence-corrected chi connectivity index (χ3v) is 4.98. The van der Waals surface area contributed by atoms with Gasteiger partial charge in [0, 0.05) is 12.6 Å². The first-order valence-electron chi connectivity index (χ1n) is 7.75. The number of rotatable bonds is 5. The van der Waals surface area contributed by atoms with Crippen LogP contribution in [0.15, 0.2) is 28.8 Å². The van der Waals surface area contributed by atoms with Crippen LogP contribution in [0.5, 0.6) is 0 Å². The van der Waals surface area contributed by atoms with Crippen LogP contribution in [-0.2, 0) is 26.0 Å². The number of benzene rings is 1. The first-order valence-corrected chi connectivity index (χ1v) is 9.60. The number of carbonyl (C=O) groups excluding carboxylic acids is 2. The van der Waals surface area contributed by atoms with E-state index < -0.39 is 28.5 Å². The Labute approximate surface area is 150 Å². The van der Waals surface area contributed by atoms with E-state index >= 15 is 0 Å². The van der Waals surface area contributed by atoms with Crippen molar-refractivity contribution in [1.29, 1.82) is 0 Å². The number of nitrogens with one attached hydrogen (secondary N) is 1. The Balaban J connectivity index is 1.61. The molecular formula is C16H17N3O6S. The van der Waals surface area contributed by atoms with E-state index in [1.54, 1.807) is 19.1 Å². The molecule has 26 heavy (non-hydrogen) atoms. The number of hydrogen-bond acceptors (Lipinski definition) is 7. The van der Waals surface area contributed by atoms with Crippen LogP contribution < -0.4 is 9.62 Å². The van der Waals surface area contributed by atoms with Gasteiger partial charge in [-0.2, -0.15) is 0 Å². The number of aryl methyl sites for hydroxylation is 1. The summed E-state index contributed by atoms with van der Waals surface area (Å²) >= 11 is 0. The van der Waals surface area contributed by atoms with Crippen molar-refractivity contribution in [3.05, 3.63) is 41.2 Å². The number of hydrogen-bond donors (Lipinski definition) is 1. The van der Waals surface area contributed by atoms with Gasteiger partial charge in [0.05, 0.1) is 17.5 Å². The Morgan fingerprint density at radius 2 is 2.12 bits per heavy atom. The minimum atomic E-state index is -3.35. The minimum absolute atomic E-state index is 0.238. The Morgan fingerprint density at radius 1 is 1.35 bits per heavy atom. The van der Waals surface area contributed by atoms with Crippen LogP contribution in [0.2, 0.25) is 0 Å². The van der Waals surface area contributed by atoms with Gasteiger partial charge in [-0.05, 0) is 37.1 Å². The average molecular weight is 379 g/mol. The van der Waals surface area contributed by atoms with Crippen molar-refractivity contribution >= 4 is 33.4 Å². The maximum absolute atomic E-state index is 12.1. The molecular weight excluding hydrogens is 362 g/mol. The Kier molecular flexibility index (Phi) is 4.68. The molecule has 0 bridgehead atoms. The monoisotopic (exact) mass is 379 g/mol. The summed E-state index contributed by atoms with van der Waals surface area (Å²) in [5.41, 5.74) is 1.56. The summed E-state index contributed by atoms with van der Waals surface area (Å²) in [4.78, 5) is 23.9. The third kappa shape index (κ3) is 3.85. The molecule has 1 N–H and O–H groups in total. The van der Waals surface area contributed by atoms with E-state index in [0.29, 0.717) is 24.4 Å². The van der Waals surface area contributed by atoms with Gasteiger partial charge in [-0.15, -0.1) is 0 Å². The van der Waals surface area contributed by atoms with Crippen LogP contribution in [0.25, 0.3) is 0 Å². The Morgan fingerprint density at radius 3 is 2.77 bits per heavy atom. The predicted molar refractivity (Wildman–Crippen MR) is 92.5 cm³/mol. The molecule has 1 aliphatic rings. The zero-order valence-corrected chi connectivity index (χ0v) is 15.0. The lowest BCUT2D eigenvalue weighted by molar-refractivity contribution is -0.119. The van der Waals surface area contributed by atoms with Crippen molar-refractivity contribution in [2.24, 2.45) is 0 Å². The standard InChI is InChI=1S/C16H17N3O6S/c1-10-7-14(18-25-10)17-15(20)9-24-16(21)12-3-4-13-11(8-12)5-6-19(13)26(2,22)23/h3-4,7-8H,5-6,9H2,1-2H3,(H,17,18,20). The summed E-state index contributed by atoms with van der Waals surface area (Å²) in [7, 11) is -3.35. The molecule has 2 aromatic rings. The minimum Gasteiger partial charge on any atom is -0.452 e. The number of sulfonamides is 1. The topological polar surface area (TPSA) is 119 Å². The lowest BCUT2D eigenvalue weighted by atomic mass is 10.1. The number of amides is 1.